The molecule has 2 nitrogen and oxygen atoms in total. The van der Waals surface area contributed by atoms with Gasteiger partial charge in [0.25, 0.3) is 0 Å². The standard InChI is InChI=1S/C12H14Cl3NO/c1-3-4-16-11-6(2)17-12-8(14)5-7(13)10(15)9(11)12/h5-6,11,16H,3-4H2,1-2H3. The molecule has 0 aromatic heterocycles. The Morgan fingerprint density at radius 3 is 2.65 bits per heavy atom. The summed E-state index contributed by atoms with van der Waals surface area (Å²) in [6, 6.07) is 1.67. The second-order valence-corrected chi connectivity index (χ2v) is 5.34. The molecule has 2 unspecified atom stereocenters. The third-order valence-corrected chi connectivity index (χ3v) is 3.94. The third-order valence-electron chi connectivity index (χ3n) is 2.86. The Morgan fingerprint density at radius 1 is 1.29 bits per heavy atom. The van der Waals surface area contributed by atoms with E-state index in [4.69, 9.17) is 39.5 Å². The summed E-state index contributed by atoms with van der Waals surface area (Å²) in [6.07, 6.45) is 1.05. The van der Waals surface area contributed by atoms with Crippen molar-refractivity contribution in [1.82, 2.24) is 5.32 Å². The molecule has 1 aromatic carbocycles. The number of halogens is 3. The monoisotopic (exact) mass is 293 g/mol. The summed E-state index contributed by atoms with van der Waals surface area (Å²) < 4.78 is 5.75. The number of rotatable bonds is 3. The Hall–Kier alpha value is -0.150. The number of benzene rings is 1. The van der Waals surface area contributed by atoms with Crippen molar-refractivity contribution in [2.45, 2.75) is 32.4 Å². The van der Waals surface area contributed by atoms with Crippen molar-refractivity contribution in [2.75, 3.05) is 6.54 Å². The van der Waals surface area contributed by atoms with Gasteiger partial charge in [-0.2, -0.15) is 0 Å². The summed E-state index contributed by atoms with van der Waals surface area (Å²) >= 11 is 18.4. The van der Waals surface area contributed by atoms with Gasteiger partial charge in [-0.05, 0) is 26.0 Å². The molecule has 1 heterocycles. The minimum absolute atomic E-state index is 0.00465. The van der Waals surface area contributed by atoms with Crippen LogP contribution in [0.3, 0.4) is 0 Å². The average molecular weight is 295 g/mol. The zero-order valence-electron chi connectivity index (χ0n) is 9.69. The first-order valence-corrected chi connectivity index (χ1v) is 6.77. The van der Waals surface area contributed by atoms with Crippen LogP contribution in [-0.4, -0.2) is 12.6 Å². The summed E-state index contributed by atoms with van der Waals surface area (Å²) in [5.74, 6) is 0.655. The maximum absolute atomic E-state index is 6.24. The Kier molecular flexibility index (Phi) is 4.09. The van der Waals surface area contributed by atoms with Crippen molar-refractivity contribution in [3.8, 4) is 5.75 Å². The molecule has 0 bridgehead atoms. The van der Waals surface area contributed by atoms with Gasteiger partial charge < -0.3 is 10.1 Å². The van der Waals surface area contributed by atoms with Crippen molar-refractivity contribution in [1.29, 1.82) is 0 Å². The van der Waals surface area contributed by atoms with Crippen molar-refractivity contribution in [3.05, 3.63) is 26.7 Å². The lowest BCUT2D eigenvalue weighted by atomic mass is 10.0. The van der Waals surface area contributed by atoms with Crippen molar-refractivity contribution in [2.24, 2.45) is 0 Å². The largest absolute Gasteiger partial charge is 0.487 e. The van der Waals surface area contributed by atoms with E-state index in [1.807, 2.05) is 6.92 Å². The topological polar surface area (TPSA) is 21.3 Å². The van der Waals surface area contributed by atoms with E-state index < -0.39 is 0 Å². The summed E-state index contributed by atoms with van der Waals surface area (Å²) in [5.41, 5.74) is 0.880. The number of nitrogens with one attached hydrogen (secondary N) is 1. The highest BCUT2D eigenvalue weighted by atomic mass is 35.5. The number of fused-ring (bicyclic) bond motifs is 1. The van der Waals surface area contributed by atoms with Crippen LogP contribution in [0.25, 0.3) is 0 Å². The minimum atomic E-state index is 0.00465. The normalized spacial score (nSPS) is 22.4. The van der Waals surface area contributed by atoms with E-state index in [-0.39, 0.29) is 12.1 Å². The zero-order valence-corrected chi connectivity index (χ0v) is 12.0. The minimum Gasteiger partial charge on any atom is -0.487 e. The first kappa shape index (κ1) is 13.3. The molecule has 0 saturated heterocycles. The molecular formula is C12H14Cl3NO. The number of hydrogen-bond donors (Lipinski definition) is 1. The molecule has 1 aliphatic rings. The quantitative estimate of drug-likeness (QED) is 0.831. The molecule has 0 spiro atoms. The molecule has 0 aliphatic carbocycles. The van der Waals surface area contributed by atoms with E-state index >= 15 is 0 Å². The molecule has 1 aliphatic heterocycles. The summed E-state index contributed by atoms with van der Waals surface area (Å²) in [5, 5.41) is 4.92. The van der Waals surface area contributed by atoms with E-state index in [9.17, 15) is 0 Å². The summed E-state index contributed by atoms with van der Waals surface area (Å²) in [7, 11) is 0. The lowest BCUT2D eigenvalue weighted by molar-refractivity contribution is 0.210. The molecule has 2 atom stereocenters. The predicted molar refractivity (Wildman–Crippen MR) is 72.6 cm³/mol. The van der Waals surface area contributed by atoms with Gasteiger partial charge in [0.05, 0.1) is 21.1 Å². The van der Waals surface area contributed by atoms with Crippen LogP contribution in [-0.2, 0) is 0 Å². The smallest absolute Gasteiger partial charge is 0.144 e. The van der Waals surface area contributed by atoms with Crippen LogP contribution in [0.1, 0.15) is 31.9 Å². The lowest BCUT2D eigenvalue weighted by Gasteiger charge is -2.17. The zero-order chi connectivity index (χ0) is 12.6. The molecule has 2 rings (SSSR count). The highest BCUT2D eigenvalue weighted by Gasteiger charge is 2.35. The molecule has 0 fully saturated rings. The lowest BCUT2D eigenvalue weighted by Crippen LogP contribution is -2.29. The van der Waals surface area contributed by atoms with Crippen molar-refractivity contribution in [3.63, 3.8) is 0 Å². The van der Waals surface area contributed by atoms with Crippen LogP contribution in [0.2, 0.25) is 15.1 Å². The van der Waals surface area contributed by atoms with Crippen LogP contribution in [0, 0.1) is 0 Å². The van der Waals surface area contributed by atoms with Crippen molar-refractivity contribution >= 4 is 34.8 Å². The van der Waals surface area contributed by atoms with Gasteiger partial charge >= 0.3 is 0 Å². The maximum atomic E-state index is 6.24. The molecule has 0 radical (unpaired) electrons. The summed E-state index contributed by atoms with van der Waals surface area (Å²) in [6.45, 7) is 5.01. The Morgan fingerprint density at radius 2 is 2.00 bits per heavy atom. The van der Waals surface area contributed by atoms with E-state index in [2.05, 4.69) is 12.2 Å². The Balaban J connectivity index is 2.43. The fourth-order valence-electron chi connectivity index (χ4n) is 2.05. The van der Waals surface area contributed by atoms with E-state index in [0.717, 1.165) is 18.5 Å². The second-order valence-electron chi connectivity index (χ2n) is 4.15. The van der Waals surface area contributed by atoms with Crippen molar-refractivity contribution < 1.29 is 4.74 Å². The van der Waals surface area contributed by atoms with Gasteiger partial charge in [-0.3, -0.25) is 0 Å². The van der Waals surface area contributed by atoms with Crippen LogP contribution in [0.4, 0.5) is 0 Å². The molecule has 1 N–H and O–H groups in total. The molecule has 17 heavy (non-hydrogen) atoms. The second kappa shape index (κ2) is 5.23. The first-order valence-electron chi connectivity index (χ1n) is 5.63. The fraction of sp³-hybridized carbons (Fsp3) is 0.500. The van der Waals surface area contributed by atoms with E-state index in [0.29, 0.717) is 20.8 Å². The van der Waals surface area contributed by atoms with Gasteiger partial charge in [-0.25, -0.2) is 0 Å². The van der Waals surface area contributed by atoms with Gasteiger partial charge in [-0.15, -0.1) is 0 Å². The first-order chi connectivity index (χ1) is 8.06. The molecule has 5 heteroatoms. The van der Waals surface area contributed by atoms with E-state index in [1.165, 1.54) is 0 Å². The highest BCUT2D eigenvalue weighted by molar-refractivity contribution is 6.44. The SMILES string of the molecule is CCCNC1c2c(Cl)c(Cl)cc(Cl)c2OC1C. The third kappa shape index (κ3) is 2.37. The number of ether oxygens (including phenoxy) is 1. The fourth-order valence-corrected chi connectivity index (χ4v) is 2.83. The van der Waals surface area contributed by atoms with Gasteiger partial charge in [0.15, 0.2) is 0 Å². The summed E-state index contributed by atoms with van der Waals surface area (Å²) in [4.78, 5) is 0. The van der Waals surface area contributed by atoms with Gasteiger partial charge in [0.2, 0.25) is 0 Å². The highest BCUT2D eigenvalue weighted by Crippen LogP contribution is 2.48. The molecule has 1 aromatic rings. The van der Waals surface area contributed by atoms with Crippen LogP contribution in [0.15, 0.2) is 6.07 Å². The number of hydrogen-bond acceptors (Lipinski definition) is 2. The molecule has 0 amide bonds. The molecular weight excluding hydrogens is 280 g/mol. The average Bonchev–Trinajstić information content (AvgIpc) is 2.61. The van der Waals surface area contributed by atoms with Crippen LogP contribution in [0.5, 0.6) is 5.75 Å². The van der Waals surface area contributed by atoms with Gasteiger partial charge in [-0.1, -0.05) is 41.7 Å². The van der Waals surface area contributed by atoms with Crippen LogP contribution < -0.4 is 10.1 Å². The predicted octanol–water partition coefficient (Wildman–Crippen LogP) is 4.47. The Labute approximate surface area is 116 Å². The molecule has 94 valence electrons. The van der Waals surface area contributed by atoms with Gasteiger partial charge in [0, 0.05) is 5.56 Å². The molecule has 0 saturated carbocycles. The maximum Gasteiger partial charge on any atom is 0.144 e. The van der Waals surface area contributed by atoms with Gasteiger partial charge in [0.1, 0.15) is 11.9 Å². The van der Waals surface area contributed by atoms with E-state index in [1.54, 1.807) is 6.07 Å². The van der Waals surface area contributed by atoms with Crippen LogP contribution >= 0.6 is 34.8 Å². The Bertz CT molecular complexity index is 436.